The van der Waals surface area contributed by atoms with Crippen LogP contribution in [0.2, 0.25) is 0 Å². The van der Waals surface area contributed by atoms with Crippen LogP contribution in [0.15, 0.2) is 48.5 Å². The van der Waals surface area contributed by atoms with Gasteiger partial charge in [0.05, 0.1) is 41.7 Å². The minimum absolute atomic E-state index is 0.141. The van der Waals surface area contributed by atoms with Crippen LogP contribution in [0.4, 0.5) is 0 Å². The first-order valence-corrected chi connectivity index (χ1v) is 17.0. The summed E-state index contributed by atoms with van der Waals surface area (Å²) in [6.45, 7) is 8.94. The molecule has 0 saturated carbocycles. The maximum absolute atomic E-state index is 12.4. The quantitative estimate of drug-likeness (QED) is 0.0618. The van der Waals surface area contributed by atoms with Gasteiger partial charge in [0.15, 0.2) is 35.2 Å². The first kappa shape index (κ1) is 41.2. The van der Waals surface area contributed by atoms with E-state index < -0.39 is 24.1 Å². The summed E-state index contributed by atoms with van der Waals surface area (Å²) in [5.74, 6) is 1.19. The predicted octanol–water partition coefficient (Wildman–Crippen LogP) is 6.76. The average Bonchev–Trinajstić information content (AvgIpc) is 3.16. The Morgan fingerprint density at radius 1 is 0.519 bits per heavy atom. The van der Waals surface area contributed by atoms with E-state index in [1.54, 1.807) is 38.1 Å². The van der Waals surface area contributed by atoms with Gasteiger partial charge in [-0.15, -0.1) is 0 Å². The standard InChI is InChI=1S/C40H50O12/c1-9-47-19-21-49-39(41)27(3)51-37-33(43-5)23-31(24-34(37)44-6)17-15-29-11-13-30(14-12-29)16-18-32-25-35(45-7)38(36(26-32)46-8)52-28(4)40(42)50-22-20-48-10-2/h11-18,23-28H,9-10,19-22H2,1-8H3/b17-15+,18-16+. The van der Waals surface area contributed by atoms with Gasteiger partial charge in [-0.2, -0.15) is 0 Å². The Morgan fingerprint density at radius 3 is 1.12 bits per heavy atom. The van der Waals surface area contributed by atoms with E-state index in [1.807, 2.05) is 62.4 Å². The summed E-state index contributed by atoms with van der Waals surface area (Å²) in [4.78, 5) is 24.8. The van der Waals surface area contributed by atoms with Crippen molar-refractivity contribution in [1.82, 2.24) is 0 Å². The van der Waals surface area contributed by atoms with Gasteiger partial charge in [0.2, 0.25) is 11.5 Å². The Kier molecular flexibility index (Phi) is 17.4. The number of hydrogen-bond donors (Lipinski definition) is 0. The molecule has 3 rings (SSSR count). The van der Waals surface area contributed by atoms with Crippen molar-refractivity contribution in [3.8, 4) is 34.5 Å². The molecule has 0 heterocycles. The number of rotatable bonds is 22. The monoisotopic (exact) mass is 722 g/mol. The zero-order valence-electron chi connectivity index (χ0n) is 31.2. The molecule has 0 aliphatic heterocycles. The van der Waals surface area contributed by atoms with E-state index in [2.05, 4.69) is 0 Å². The number of carbonyl (C=O) groups is 2. The third-order valence-electron chi connectivity index (χ3n) is 7.44. The largest absolute Gasteiger partial charge is 0.493 e. The second-order valence-electron chi connectivity index (χ2n) is 11.1. The molecule has 2 atom stereocenters. The van der Waals surface area contributed by atoms with E-state index in [9.17, 15) is 9.59 Å². The molecule has 282 valence electrons. The second kappa shape index (κ2) is 21.9. The van der Waals surface area contributed by atoms with Crippen LogP contribution < -0.4 is 28.4 Å². The van der Waals surface area contributed by atoms with E-state index in [4.69, 9.17) is 47.4 Å². The maximum atomic E-state index is 12.4. The summed E-state index contributed by atoms with van der Waals surface area (Å²) in [7, 11) is 6.08. The van der Waals surface area contributed by atoms with Gasteiger partial charge >= 0.3 is 11.9 Å². The molecule has 0 aromatic heterocycles. The lowest BCUT2D eigenvalue weighted by molar-refractivity contribution is -0.153. The van der Waals surface area contributed by atoms with E-state index in [0.29, 0.717) is 60.9 Å². The van der Waals surface area contributed by atoms with Gasteiger partial charge in [0.25, 0.3) is 0 Å². The Hall–Kier alpha value is -5.20. The number of benzene rings is 3. The van der Waals surface area contributed by atoms with Gasteiger partial charge in [-0.1, -0.05) is 48.6 Å². The molecule has 0 spiro atoms. The van der Waals surface area contributed by atoms with Gasteiger partial charge < -0.3 is 47.4 Å². The Bertz CT molecular complexity index is 1460. The fourth-order valence-corrected chi connectivity index (χ4v) is 4.70. The summed E-state index contributed by atoms with van der Waals surface area (Å²) in [5.41, 5.74) is 3.55. The van der Waals surface area contributed by atoms with Gasteiger partial charge in [0.1, 0.15) is 13.2 Å². The highest BCUT2D eigenvalue weighted by Gasteiger charge is 2.23. The number of methoxy groups -OCH3 is 4. The molecule has 0 bridgehead atoms. The highest BCUT2D eigenvalue weighted by molar-refractivity contribution is 5.78. The summed E-state index contributed by atoms with van der Waals surface area (Å²) in [6.07, 6.45) is 6.00. The van der Waals surface area contributed by atoms with E-state index in [1.165, 1.54) is 28.4 Å². The number of esters is 2. The van der Waals surface area contributed by atoms with Crippen molar-refractivity contribution in [2.45, 2.75) is 39.9 Å². The SMILES string of the molecule is CCOCCOC(=O)C(C)Oc1c(OC)cc(/C=C/c2ccc(/C=C/c3cc(OC)c(OC(C)C(=O)OCCOCC)c(OC)c3)cc2)cc1OC. The molecule has 0 fully saturated rings. The van der Waals surface area contributed by atoms with Crippen LogP contribution in [0.5, 0.6) is 34.5 Å². The van der Waals surface area contributed by atoms with Crippen molar-refractivity contribution >= 4 is 36.2 Å². The summed E-state index contributed by atoms with van der Waals surface area (Å²) in [6, 6.07) is 15.2. The lowest BCUT2D eigenvalue weighted by Gasteiger charge is -2.19. The number of ether oxygens (including phenoxy) is 10. The van der Waals surface area contributed by atoms with Crippen LogP contribution in [0.3, 0.4) is 0 Å². The third-order valence-corrected chi connectivity index (χ3v) is 7.44. The Balaban J connectivity index is 1.69. The van der Waals surface area contributed by atoms with E-state index >= 15 is 0 Å². The summed E-state index contributed by atoms with van der Waals surface area (Å²) < 4.78 is 54.9. The molecule has 12 nitrogen and oxygen atoms in total. The van der Waals surface area contributed by atoms with Crippen molar-refractivity contribution in [1.29, 1.82) is 0 Å². The Morgan fingerprint density at radius 2 is 0.827 bits per heavy atom. The fraction of sp³-hybridized carbons (Fsp3) is 0.400. The maximum Gasteiger partial charge on any atom is 0.347 e. The van der Waals surface area contributed by atoms with Crippen molar-refractivity contribution in [3.63, 3.8) is 0 Å². The minimum atomic E-state index is -0.890. The van der Waals surface area contributed by atoms with Crippen LogP contribution in [0.25, 0.3) is 24.3 Å². The molecule has 3 aromatic rings. The summed E-state index contributed by atoms with van der Waals surface area (Å²) >= 11 is 0. The smallest absolute Gasteiger partial charge is 0.347 e. The predicted molar refractivity (Wildman–Crippen MR) is 198 cm³/mol. The van der Waals surface area contributed by atoms with Crippen molar-refractivity contribution < 1.29 is 57.0 Å². The van der Waals surface area contributed by atoms with Crippen LogP contribution in [0, 0.1) is 0 Å². The van der Waals surface area contributed by atoms with Crippen LogP contribution >= 0.6 is 0 Å². The van der Waals surface area contributed by atoms with Crippen molar-refractivity contribution in [2.24, 2.45) is 0 Å². The third kappa shape index (κ3) is 12.5. The Labute approximate surface area is 306 Å². The van der Waals surface area contributed by atoms with Gasteiger partial charge in [-0.25, -0.2) is 9.59 Å². The molecule has 52 heavy (non-hydrogen) atoms. The zero-order valence-corrected chi connectivity index (χ0v) is 31.2. The van der Waals surface area contributed by atoms with Crippen LogP contribution in [-0.4, -0.2) is 92.2 Å². The first-order chi connectivity index (χ1) is 25.2. The van der Waals surface area contributed by atoms with E-state index in [0.717, 1.165) is 22.3 Å². The molecule has 0 saturated heterocycles. The molecule has 0 N–H and O–H groups in total. The number of hydrogen-bond acceptors (Lipinski definition) is 12. The van der Waals surface area contributed by atoms with Gasteiger partial charge in [0, 0.05) is 13.2 Å². The molecule has 0 aliphatic carbocycles. The first-order valence-electron chi connectivity index (χ1n) is 17.0. The molecule has 0 aliphatic rings. The van der Waals surface area contributed by atoms with Gasteiger partial charge in [-0.05, 0) is 74.2 Å². The van der Waals surface area contributed by atoms with Crippen molar-refractivity contribution in [2.75, 3.05) is 68.1 Å². The molecule has 12 heteroatoms. The van der Waals surface area contributed by atoms with Crippen molar-refractivity contribution in [3.05, 3.63) is 70.8 Å². The molecule has 0 amide bonds. The van der Waals surface area contributed by atoms with Crippen LogP contribution in [0.1, 0.15) is 49.9 Å². The lowest BCUT2D eigenvalue weighted by atomic mass is 10.1. The summed E-state index contributed by atoms with van der Waals surface area (Å²) in [5, 5.41) is 0. The molecule has 0 radical (unpaired) electrons. The molecule has 2 unspecified atom stereocenters. The van der Waals surface area contributed by atoms with Gasteiger partial charge in [-0.3, -0.25) is 0 Å². The molecule has 3 aromatic carbocycles. The minimum Gasteiger partial charge on any atom is -0.493 e. The normalized spacial score (nSPS) is 12.3. The average molecular weight is 723 g/mol. The van der Waals surface area contributed by atoms with E-state index in [-0.39, 0.29) is 13.2 Å². The lowest BCUT2D eigenvalue weighted by Crippen LogP contribution is -2.27. The zero-order chi connectivity index (χ0) is 37.9. The fourth-order valence-electron chi connectivity index (χ4n) is 4.70. The topological polar surface area (TPSA) is 126 Å². The highest BCUT2D eigenvalue weighted by Crippen LogP contribution is 2.41. The highest BCUT2D eigenvalue weighted by atomic mass is 16.6. The second-order valence-corrected chi connectivity index (χ2v) is 11.1. The van der Waals surface area contributed by atoms with Crippen LogP contribution in [-0.2, 0) is 28.5 Å². The number of carbonyl (C=O) groups excluding carboxylic acids is 2. The molecular weight excluding hydrogens is 672 g/mol. The molecular formula is C40H50O12.